The SMILES string of the molecule is NC(=O)C1CCC(NCCc2ccccc2[N+](=O)[O-])CC1. The van der Waals surface area contributed by atoms with Gasteiger partial charge in [0.2, 0.25) is 5.91 Å². The Kier molecular flexibility index (Phi) is 5.27. The number of nitrogens with one attached hydrogen (secondary N) is 1. The molecule has 1 aliphatic rings. The fraction of sp³-hybridized carbons (Fsp3) is 0.533. The molecule has 0 atom stereocenters. The topological polar surface area (TPSA) is 98.3 Å². The molecule has 1 saturated carbocycles. The highest BCUT2D eigenvalue weighted by Crippen LogP contribution is 2.24. The van der Waals surface area contributed by atoms with E-state index in [-0.39, 0.29) is 22.4 Å². The number of amides is 1. The Balaban J connectivity index is 1.78. The van der Waals surface area contributed by atoms with Crippen LogP contribution in [0.4, 0.5) is 5.69 Å². The van der Waals surface area contributed by atoms with E-state index in [4.69, 9.17) is 5.73 Å². The molecule has 1 amide bonds. The van der Waals surface area contributed by atoms with Gasteiger partial charge in [0.15, 0.2) is 0 Å². The number of nitrogens with two attached hydrogens (primary N) is 1. The highest BCUT2D eigenvalue weighted by molar-refractivity contribution is 5.76. The molecule has 0 saturated heterocycles. The van der Waals surface area contributed by atoms with Gasteiger partial charge in [-0.05, 0) is 38.6 Å². The second kappa shape index (κ2) is 7.17. The van der Waals surface area contributed by atoms with Crippen LogP contribution in [0.15, 0.2) is 24.3 Å². The van der Waals surface area contributed by atoms with Crippen molar-refractivity contribution in [3.63, 3.8) is 0 Å². The van der Waals surface area contributed by atoms with Gasteiger partial charge in [-0.3, -0.25) is 14.9 Å². The summed E-state index contributed by atoms with van der Waals surface area (Å²) < 4.78 is 0. The predicted octanol–water partition coefficient (Wildman–Crippen LogP) is 1.77. The van der Waals surface area contributed by atoms with Crippen LogP contribution in [-0.2, 0) is 11.2 Å². The minimum atomic E-state index is -0.340. The number of para-hydroxylation sites is 1. The lowest BCUT2D eigenvalue weighted by molar-refractivity contribution is -0.385. The molecular weight excluding hydrogens is 270 g/mol. The molecule has 2 rings (SSSR count). The van der Waals surface area contributed by atoms with Gasteiger partial charge >= 0.3 is 0 Å². The smallest absolute Gasteiger partial charge is 0.272 e. The quantitative estimate of drug-likeness (QED) is 0.616. The Morgan fingerprint density at radius 2 is 1.95 bits per heavy atom. The highest BCUT2D eigenvalue weighted by atomic mass is 16.6. The van der Waals surface area contributed by atoms with Crippen LogP contribution in [0.1, 0.15) is 31.2 Å². The summed E-state index contributed by atoms with van der Waals surface area (Å²) >= 11 is 0. The molecule has 114 valence electrons. The number of nitrogens with zero attached hydrogens (tertiary/aromatic N) is 1. The fourth-order valence-corrected chi connectivity index (χ4v) is 2.89. The Bertz CT molecular complexity index is 511. The largest absolute Gasteiger partial charge is 0.369 e. The molecule has 0 unspecified atom stereocenters. The van der Waals surface area contributed by atoms with Crippen LogP contribution >= 0.6 is 0 Å². The number of nitro benzene ring substituents is 1. The van der Waals surface area contributed by atoms with E-state index < -0.39 is 0 Å². The van der Waals surface area contributed by atoms with Crippen LogP contribution in [0.5, 0.6) is 0 Å². The summed E-state index contributed by atoms with van der Waals surface area (Å²) in [6, 6.07) is 7.21. The summed E-state index contributed by atoms with van der Waals surface area (Å²) in [4.78, 5) is 21.7. The van der Waals surface area contributed by atoms with Crippen molar-refractivity contribution in [3.8, 4) is 0 Å². The number of carbonyl (C=O) groups excluding carboxylic acids is 1. The summed E-state index contributed by atoms with van der Waals surface area (Å²) in [6.07, 6.45) is 4.17. The van der Waals surface area contributed by atoms with Crippen molar-refractivity contribution in [2.75, 3.05) is 6.54 Å². The van der Waals surface area contributed by atoms with E-state index in [9.17, 15) is 14.9 Å². The van der Waals surface area contributed by atoms with Crippen LogP contribution < -0.4 is 11.1 Å². The van der Waals surface area contributed by atoms with Gasteiger partial charge in [-0.1, -0.05) is 18.2 Å². The van der Waals surface area contributed by atoms with Gasteiger partial charge in [-0.25, -0.2) is 0 Å². The van der Waals surface area contributed by atoms with Crippen molar-refractivity contribution in [2.45, 2.75) is 38.1 Å². The molecule has 1 aromatic rings. The van der Waals surface area contributed by atoms with E-state index in [1.807, 2.05) is 6.07 Å². The predicted molar refractivity (Wildman–Crippen MR) is 79.7 cm³/mol. The molecule has 0 heterocycles. The van der Waals surface area contributed by atoms with E-state index in [2.05, 4.69) is 5.32 Å². The molecule has 1 aliphatic carbocycles. The maximum Gasteiger partial charge on any atom is 0.272 e. The number of benzene rings is 1. The third kappa shape index (κ3) is 4.26. The Hall–Kier alpha value is -1.95. The first-order chi connectivity index (χ1) is 10.1. The Morgan fingerprint density at radius 3 is 2.57 bits per heavy atom. The third-order valence-corrected chi connectivity index (χ3v) is 4.15. The molecule has 0 radical (unpaired) electrons. The van der Waals surface area contributed by atoms with E-state index in [0.717, 1.165) is 31.2 Å². The van der Waals surface area contributed by atoms with Crippen LogP contribution in [0, 0.1) is 16.0 Å². The zero-order chi connectivity index (χ0) is 15.2. The first kappa shape index (κ1) is 15.4. The first-order valence-electron chi connectivity index (χ1n) is 7.33. The van der Waals surface area contributed by atoms with Gasteiger partial charge in [0, 0.05) is 23.6 Å². The van der Waals surface area contributed by atoms with Crippen molar-refractivity contribution in [1.82, 2.24) is 5.32 Å². The molecule has 0 aromatic heterocycles. The lowest BCUT2D eigenvalue weighted by atomic mass is 9.85. The summed E-state index contributed by atoms with van der Waals surface area (Å²) in [6.45, 7) is 0.705. The van der Waals surface area contributed by atoms with E-state index in [1.165, 1.54) is 6.07 Å². The second-order valence-corrected chi connectivity index (χ2v) is 5.54. The average Bonchev–Trinajstić information content (AvgIpc) is 2.48. The number of nitro groups is 1. The van der Waals surface area contributed by atoms with Crippen LogP contribution in [0.3, 0.4) is 0 Å². The molecule has 0 spiro atoms. The Morgan fingerprint density at radius 1 is 1.29 bits per heavy atom. The minimum Gasteiger partial charge on any atom is -0.369 e. The van der Waals surface area contributed by atoms with Crippen molar-refractivity contribution in [2.24, 2.45) is 11.7 Å². The molecule has 0 bridgehead atoms. The summed E-state index contributed by atoms with van der Waals surface area (Å²) in [7, 11) is 0. The monoisotopic (exact) mass is 291 g/mol. The lowest BCUT2D eigenvalue weighted by Crippen LogP contribution is -2.37. The van der Waals surface area contributed by atoms with Crippen molar-refractivity contribution >= 4 is 11.6 Å². The second-order valence-electron chi connectivity index (χ2n) is 5.54. The number of primary amides is 1. The molecule has 0 aliphatic heterocycles. The van der Waals surface area contributed by atoms with E-state index >= 15 is 0 Å². The molecule has 21 heavy (non-hydrogen) atoms. The Labute approximate surface area is 123 Å². The lowest BCUT2D eigenvalue weighted by Gasteiger charge is -2.27. The van der Waals surface area contributed by atoms with Crippen LogP contribution in [0.2, 0.25) is 0 Å². The van der Waals surface area contributed by atoms with Gasteiger partial charge < -0.3 is 11.1 Å². The summed E-state index contributed by atoms with van der Waals surface area (Å²) in [5, 5.41) is 14.3. The highest BCUT2D eigenvalue weighted by Gasteiger charge is 2.24. The number of hydrogen-bond donors (Lipinski definition) is 2. The molecule has 6 nitrogen and oxygen atoms in total. The van der Waals surface area contributed by atoms with Crippen LogP contribution in [0.25, 0.3) is 0 Å². The van der Waals surface area contributed by atoms with E-state index in [1.54, 1.807) is 12.1 Å². The van der Waals surface area contributed by atoms with Crippen molar-refractivity contribution < 1.29 is 9.72 Å². The van der Waals surface area contributed by atoms with Crippen LogP contribution in [-0.4, -0.2) is 23.4 Å². The molecule has 6 heteroatoms. The average molecular weight is 291 g/mol. The number of carbonyl (C=O) groups is 1. The standard InChI is InChI=1S/C15H21N3O3/c16-15(19)12-5-7-13(8-6-12)17-10-9-11-3-1-2-4-14(11)18(20)21/h1-4,12-13,17H,5-10H2,(H2,16,19). The molecule has 1 aromatic carbocycles. The number of hydrogen-bond acceptors (Lipinski definition) is 4. The van der Waals surface area contributed by atoms with Gasteiger partial charge in [-0.15, -0.1) is 0 Å². The number of rotatable bonds is 6. The summed E-state index contributed by atoms with van der Waals surface area (Å²) in [5.41, 5.74) is 6.24. The first-order valence-corrected chi connectivity index (χ1v) is 7.33. The molecule has 3 N–H and O–H groups in total. The normalized spacial score (nSPS) is 21.9. The van der Waals surface area contributed by atoms with Gasteiger partial charge in [0.1, 0.15) is 0 Å². The van der Waals surface area contributed by atoms with Crippen molar-refractivity contribution in [1.29, 1.82) is 0 Å². The van der Waals surface area contributed by atoms with Crippen molar-refractivity contribution in [3.05, 3.63) is 39.9 Å². The van der Waals surface area contributed by atoms with E-state index in [0.29, 0.717) is 19.0 Å². The third-order valence-electron chi connectivity index (χ3n) is 4.15. The van der Waals surface area contributed by atoms with Gasteiger partial charge in [0.25, 0.3) is 5.69 Å². The molecule has 1 fully saturated rings. The van der Waals surface area contributed by atoms with Gasteiger partial charge in [-0.2, -0.15) is 0 Å². The summed E-state index contributed by atoms with van der Waals surface area (Å²) in [5.74, 6) is -0.188. The fourth-order valence-electron chi connectivity index (χ4n) is 2.89. The zero-order valence-corrected chi connectivity index (χ0v) is 12.0. The minimum absolute atomic E-state index is 0.0123. The maximum absolute atomic E-state index is 11.1. The zero-order valence-electron chi connectivity index (χ0n) is 12.0. The van der Waals surface area contributed by atoms with Gasteiger partial charge in [0.05, 0.1) is 4.92 Å². The maximum atomic E-state index is 11.1. The molecular formula is C15H21N3O3.